The first kappa shape index (κ1) is 13.0. The summed E-state index contributed by atoms with van der Waals surface area (Å²) in [6.45, 7) is 0.189. The summed E-state index contributed by atoms with van der Waals surface area (Å²) in [6.07, 6.45) is 5.27. The van der Waals surface area contributed by atoms with Crippen LogP contribution in [0.25, 0.3) is 0 Å². The first-order valence-electron chi connectivity index (χ1n) is 5.91. The molecule has 2 N–H and O–H groups in total. The molecule has 2 amide bonds. The molecular weight excluding hydrogens is 240 g/mol. The zero-order chi connectivity index (χ0) is 14.0. The molecular formula is C14H16N4O. The highest BCUT2D eigenvalue weighted by Gasteiger charge is 2.36. The van der Waals surface area contributed by atoms with Crippen LogP contribution in [0.5, 0.6) is 0 Å². The number of carbonyl (C=O) groups is 1. The maximum atomic E-state index is 11.7. The molecule has 1 heterocycles. The molecule has 0 radical (unpaired) electrons. The maximum absolute atomic E-state index is 11.7. The Morgan fingerprint density at radius 2 is 2.05 bits per heavy atom. The lowest BCUT2D eigenvalue weighted by Crippen LogP contribution is -2.30. The van der Waals surface area contributed by atoms with Crippen molar-refractivity contribution >= 4 is 17.6 Å². The second-order valence-corrected chi connectivity index (χ2v) is 4.56. The number of amides is 2. The Balaban J connectivity index is 2.31. The summed E-state index contributed by atoms with van der Waals surface area (Å²) < 4.78 is 0. The van der Waals surface area contributed by atoms with E-state index in [0.29, 0.717) is 0 Å². The third kappa shape index (κ3) is 2.38. The van der Waals surface area contributed by atoms with Crippen molar-refractivity contribution in [3.63, 3.8) is 0 Å². The average Bonchev–Trinajstić information content (AvgIpc) is 2.65. The van der Waals surface area contributed by atoms with E-state index < -0.39 is 6.04 Å². The van der Waals surface area contributed by atoms with Gasteiger partial charge in [0.15, 0.2) is 0 Å². The van der Waals surface area contributed by atoms with Gasteiger partial charge in [0.2, 0.25) is 0 Å². The van der Waals surface area contributed by atoms with E-state index in [0.717, 1.165) is 11.3 Å². The molecule has 1 aliphatic rings. The largest absolute Gasteiger partial charge is 0.378 e. The number of carbonyl (C=O) groups excluding carboxylic acids is 1. The van der Waals surface area contributed by atoms with E-state index in [2.05, 4.69) is 11.2 Å². The van der Waals surface area contributed by atoms with Gasteiger partial charge in [0.05, 0.1) is 6.54 Å². The predicted molar refractivity (Wildman–Crippen MR) is 75.3 cm³/mol. The molecule has 5 nitrogen and oxygen atoms in total. The highest BCUT2D eigenvalue weighted by Crippen LogP contribution is 2.27. The molecule has 1 fully saturated rings. The molecule has 1 aromatic rings. The zero-order valence-corrected chi connectivity index (χ0v) is 11.0. The fourth-order valence-corrected chi connectivity index (χ4v) is 2.09. The van der Waals surface area contributed by atoms with Crippen molar-refractivity contribution in [2.75, 3.05) is 25.5 Å². The highest BCUT2D eigenvalue weighted by atomic mass is 16.2. The van der Waals surface area contributed by atoms with Crippen LogP contribution in [0.3, 0.4) is 0 Å². The Labute approximate surface area is 112 Å². The topological polar surface area (TPSA) is 59.4 Å². The quantitative estimate of drug-likeness (QED) is 0.804. The van der Waals surface area contributed by atoms with Gasteiger partial charge in [0.1, 0.15) is 11.9 Å². The van der Waals surface area contributed by atoms with Gasteiger partial charge in [-0.3, -0.25) is 15.6 Å². The second kappa shape index (κ2) is 5.02. The van der Waals surface area contributed by atoms with E-state index in [9.17, 15) is 4.79 Å². The number of nitrogens with one attached hydrogen (secondary N) is 2. The van der Waals surface area contributed by atoms with Crippen LogP contribution < -0.4 is 10.2 Å². The minimum atomic E-state index is -0.417. The zero-order valence-electron chi connectivity index (χ0n) is 11.0. The minimum absolute atomic E-state index is 0.165. The Kier molecular flexibility index (Phi) is 3.43. The van der Waals surface area contributed by atoms with E-state index in [1.54, 1.807) is 0 Å². The summed E-state index contributed by atoms with van der Waals surface area (Å²) >= 11 is 0. The molecule has 1 aliphatic heterocycles. The molecule has 1 unspecified atom stereocenters. The molecule has 1 saturated heterocycles. The van der Waals surface area contributed by atoms with Gasteiger partial charge in [-0.1, -0.05) is 18.1 Å². The molecule has 0 aliphatic carbocycles. The summed E-state index contributed by atoms with van der Waals surface area (Å²) in [7, 11) is 3.92. The molecule has 98 valence electrons. The van der Waals surface area contributed by atoms with Crippen LogP contribution in [-0.2, 0) is 0 Å². The van der Waals surface area contributed by atoms with Crippen LogP contribution in [0.15, 0.2) is 24.3 Å². The summed E-state index contributed by atoms with van der Waals surface area (Å²) in [6, 6.07) is 7.01. The van der Waals surface area contributed by atoms with Crippen LogP contribution in [0.2, 0.25) is 0 Å². The fraction of sp³-hybridized carbons (Fsp3) is 0.286. The smallest absolute Gasteiger partial charge is 0.324 e. The standard InChI is InChI=1S/C14H16N4O/c1-4-9-18-12(13(15)16-14(18)19)10-5-7-11(8-6-10)17(2)3/h1,5-8,12H,9H2,2-3H3,(H2,15,16,19). The number of terminal acetylenes is 1. The summed E-state index contributed by atoms with van der Waals surface area (Å²) in [5, 5.41) is 10.4. The van der Waals surface area contributed by atoms with E-state index in [-0.39, 0.29) is 18.4 Å². The number of hydrogen-bond acceptors (Lipinski definition) is 3. The Hall–Kier alpha value is -2.48. The van der Waals surface area contributed by atoms with Crippen LogP contribution in [0, 0.1) is 17.8 Å². The lowest BCUT2D eigenvalue weighted by molar-refractivity contribution is 0.212. The van der Waals surface area contributed by atoms with Crippen molar-refractivity contribution in [2.24, 2.45) is 0 Å². The molecule has 2 rings (SSSR count). The number of anilines is 1. The number of benzene rings is 1. The van der Waals surface area contributed by atoms with Crippen molar-refractivity contribution in [3.8, 4) is 12.3 Å². The van der Waals surface area contributed by atoms with Gasteiger partial charge in [0.25, 0.3) is 0 Å². The first-order valence-corrected chi connectivity index (χ1v) is 5.91. The predicted octanol–water partition coefficient (Wildman–Crippen LogP) is 1.43. The average molecular weight is 256 g/mol. The summed E-state index contributed by atoms with van der Waals surface area (Å²) in [4.78, 5) is 15.2. The van der Waals surface area contributed by atoms with Gasteiger partial charge < -0.3 is 4.90 Å². The van der Waals surface area contributed by atoms with Crippen LogP contribution >= 0.6 is 0 Å². The Morgan fingerprint density at radius 1 is 1.42 bits per heavy atom. The van der Waals surface area contributed by atoms with Crippen LogP contribution in [0.1, 0.15) is 11.6 Å². The third-order valence-corrected chi connectivity index (χ3v) is 3.07. The lowest BCUT2D eigenvalue weighted by Gasteiger charge is -2.21. The highest BCUT2D eigenvalue weighted by molar-refractivity contribution is 6.06. The number of nitrogens with zero attached hydrogens (tertiary/aromatic N) is 2. The minimum Gasteiger partial charge on any atom is -0.378 e. The maximum Gasteiger partial charge on any atom is 0.324 e. The second-order valence-electron chi connectivity index (χ2n) is 4.56. The molecule has 0 bridgehead atoms. The Morgan fingerprint density at radius 3 is 2.58 bits per heavy atom. The van der Waals surface area contributed by atoms with Crippen molar-refractivity contribution in [2.45, 2.75) is 6.04 Å². The molecule has 5 heteroatoms. The Bertz CT molecular complexity index is 542. The fourth-order valence-electron chi connectivity index (χ4n) is 2.09. The summed E-state index contributed by atoms with van der Waals surface area (Å²) in [5.41, 5.74) is 1.94. The van der Waals surface area contributed by atoms with Crippen LogP contribution in [0.4, 0.5) is 10.5 Å². The van der Waals surface area contributed by atoms with Gasteiger partial charge in [-0.05, 0) is 17.7 Å². The van der Waals surface area contributed by atoms with Gasteiger partial charge in [-0.25, -0.2) is 4.79 Å². The van der Waals surface area contributed by atoms with Crippen molar-refractivity contribution < 1.29 is 4.79 Å². The van der Waals surface area contributed by atoms with Crippen molar-refractivity contribution in [3.05, 3.63) is 29.8 Å². The van der Waals surface area contributed by atoms with Gasteiger partial charge in [-0.2, -0.15) is 0 Å². The lowest BCUT2D eigenvalue weighted by atomic mass is 10.0. The third-order valence-electron chi connectivity index (χ3n) is 3.07. The number of amidine groups is 1. The van der Waals surface area contributed by atoms with E-state index >= 15 is 0 Å². The molecule has 0 aromatic heterocycles. The molecule has 0 saturated carbocycles. The van der Waals surface area contributed by atoms with Gasteiger partial charge >= 0.3 is 6.03 Å². The molecule has 19 heavy (non-hydrogen) atoms. The number of rotatable bonds is 3. The summed E-state index contributed by atoms with van der Waals surface area (Å²) in [5.74, 6) is 2.61. The molecule has 1 aromatic carbocycles. The van der Waals surface area contributed by atoms with Gasteiger partial charge in [-0.15, -0.1) is 6.42 Å². The van der Waals surface area contributed by atoms with Crippen LogP contribution in [-0.4, -0.2) is 37.4 Å². The van der Waals surface area contributed by atoms with Gasteiger partial charge in [0, 0.05) is 19.8 Å². The SMILES string of the molecule is C#CCN1C(=O)NC(=N)C1c1ccc(N(C)C)cc1. The number of hydrogen-bond donors (Lipinski definition) is 2. The normalized spacial score (nSPS) is 18.2. The monoisotopic (exact) mass is 256 g/mol. The van der Waals surface area contributed by atoms with E-state index in [1.165, 1.54) is 4.90 Å². The first-order chi connectivity index (χ1) is 9.04. The number of urea groups is 1. The van der Waals surface area contributed by atoms with Crippen molar-refractivity contribution in [1.29, 1.82) is 5.41 Å². The van der Waals surface area contributed by atoms with Crippen molar-refractivity contribution in [1.82, 2.24) is 10.2 Å². The molecule has 1 atom stereocenters. The van der Waals surface area contributed by atoms with E-state index in [1.807, 2.05) is 43.3 Å². The van der Waals surface area contributed by atoms with E-state index in [4.69, 9.17) is 11.8 Å². The molecule has 0 spiro atoms.